The first-order valence-electron chi connectivity index (χ1n) is 23.4. The summed E-state index contributed by atoms with van der Waals surface area (Å²) >= 11 is 0. The molecule has 3 fully saturated rings. The summed E-state index contributed by atoms with van der Waals surface area (Å²) < 4.78 is 43.5. The van der Waals surface area contributed by atoms with E-state index in [4.69, 9.17) is 0 Å². The zero-order valence-corrected chi connectivity index (χ0v) is 37.0. The third-order valence-electron chi connectivity index (χ3n) is 13.0. The lowest BCUT2D eigenvalue weighted by atomic mass is 10.1. The van der Waals surface area contributed by atoms with Crippen LogP contribution in [0.15, 0.2) is 128 Å². The molecule has 0 saturated carbocycles. The zero-order valence-electron chi connectivity index (χ0n) is 37.0. The second kappa shape index (κ2) is 19.6. The summed E-state index contributed by atoms with van der Waals surface area (Å²) in [4.78, 5) is 29.4. The Labute approximate surface area is 382 Å². The van der Waals surface area contributed by atoms with Crippen molar-refractivity contribution < 1.29 is 13.2 Å². The molecule has 3 aromatic carbocycles. The van der Waals surface area contributed by atoms with Crippen molar-refractivity contribution in [2.24, 2.45) is 0 Å². The molecule has 0 radical (unpaired) electrons. The molecular weight excluding hydrogens is 832 g/mol. The SMILES string of the molecule is Fc1cc(-c2cc3ccccc3[nH]2)ncc1N1CCCCC1.Fc1cc(N2CCCCC2)ncc1-c1cc2ccccc2[nH]1.Fc1nc(N2CCCCC2)ccc1-c1cc2ccccc2[nH]1. The van der Waals surface area contributed by atoms with Gasteiger partial charge >= 0.3 is 0 Å². The first-order valence-corrected chi connectivity index (χ1v) is 23.4. The maximum absolute atomic E-state index is 14.5. The summed E-state index contributed by atoms with van der Waals surface area (Å²) in [5.41, 5.74) is 7.79. The van der Waals surface area contributed by atoms with Crippen LogP contribution < -0.4 is 14.7 Å². The van der Waals surface area contributed by atoms with E-state index in [1.807, 2.05) is 103 Å². The number of fused-ring (bicyclic) bond motifs is 3. The molecule has 3 aliphatic rings. The van der Waals surface area contributed by atoms with Crippen LogP contribution in [0.25, 0.3) is 66.6 Å². The van der Waals surface area contributed by atoms with Crippen molar-refractivity contribution in [3.63, 3.8) is 0 Å². The molecule has 12 heteroatoms. The van der Waals surface area contributed by atoms with Crippen LogP contribution in [0.4, 0.5) is 30.5 Å². The van der Waals surface area contributed by atoms with E-state index < -0.39 is 5.95 Å². The van der Waals surface area contributed by atoms with Gasteiger partial charge in [-0.15, -0.1) is 0 Å². The van der Waals surface area contributed by atoms with Crippen molar-refractivity contribution in [2.75, 3.05) is 54.0 Å². The summed E-state index contributed by atoms with van der Waals surface area (Å²) in [5, 5.41) is 3.27. The molecule has 0 aliphatic carbocycles. The predicted octanol–water partition coefficient (Wildman–Crippen LogP) is 13.1. The van der Waals surface area contributed by atoms with Crippen LogP contribution in [0.1, 0.15) is 57.8 Å². The van der Waals surface area contributed by atoms with Gasteiger partial charge in [-0.2, -0.15) is 4.39 Å². The third kappa shape index (κ3) is 9.49. The van der Waals surface area contributed by atoms with Crippen LogP contribution in [0.5, 0.6) is 0 Å². The topological polar surface area (TPSA) is 95.8 Å². The van der Waals surface area contributed by atoms with Gasteiger partial charge in [-0.3, -0.25) is 4.98 Å². The van der Waals surface area contributed by atoms with Gasteiger partial charge in [0.25, 0.3) is 0 Å². The van der Waals surface area contributed by atoms with Gasteiger partial charge in [-0.05, 0) is 106 Å². The van der Waals surface area contributed by atoms with Gasteiger partial charge in [0, 0.05) is 90.3 Å². The normalized spacial score (nSPS) is 15.4. The molecule has 0 atom stereocenters. The molecule has 0 spiro atoms. The van der Waals surface area contributed by atoms with E-state index in [9.17, 15) is 13.2 Å². The lowest BCUT2D eigenvalue weighted by Crippen LogP contribution is -2.30. The molecule has 6 aromatic heterocycles. The lowest BCUT2D eigenvalue weighted by Gasteiger charge is -2.28. The second-order valence-corrected chi connectivity index (χ2v) is 17.5. The van der Waals surface area contributed by atoms with E-state index >= 15 is 0 Å². The highest BCUT2D eigenvalue weighted by Crippen LogP contribution is 2.31. The fourth-order valence-corrected chi connectivity index (χ4v) is 9.43. The minimum Gasteiger partial charge on any atom is -0.368 e. The second-order valence-electron chi connectivity index (χ2n) is 17.5. The Bertz CT molecular complexity index is 2830. The number of para-hydroxylation sites is 3. The van der Waals surface area contributed by atoms with Crippen LogP contribution in [-0.4, -0.2) is 69.2 Å². The third-order valence-corrected chi connectivity index (χ3v) is 13.0. The zero-order chi connectivity index (χ0) is 44.8. The predicted molar refractivity (Wildman–Crippen MR) is 263 cm³/mol. The molecule has 3 aliphatic heterocycles. The van der Waals surface area contributed by atoms with E-state index in [1.165, 1.54) is 25.3 Å². The van der Waals surface area contributed by atoms with Crippen LogP contribution in [-0.2, 0) is 0 Å². The monoisotopic (exact) mass is 885 g/mol. The van der Waals surface area contributed by atoms with Crippen molar-refractivity contribution >= 4 is 50.0 Å². The number of pyridine rings is 3. The molecule has 9 heterocycles. The van der Waals surface area contributed by atoms with E-state index in [0.717, 1.165) is 139 Å². The number of nitrogens with zero attached hydrogens (tertiary/aromatic N) is 6. The van der Waals surface area contributed by atoms with Gasteiger partial charge in [0.05, 0.1) is 45.8 Å². The summed E-state index contributed by atoms with van der Waals surface area (Å²) in [6.07, 6.45) is 14.0. The number of halogens is 3. The lowest BCUT2D eigenvalue weighted by molar-refractivity contribution is 0.555. The van der Waals surface area contributed by atoms with Crippen molar-refractivity contribution in [1.82, 2.24) is 29.9 Å². The summed E-state index contributed by atoms with van der Waals surface area (Å²) in [6.45, 7) is 5.72. The minimum atomic E-state index is -0.408. The van der Waals surface area contributed by atoms with Crippen LogP contribution in [0.3, 0.4) is 0 Å². The highest BCUT2D eigenvalue weighted by molar-refractivity contribution is 5.87. The average Bonchev–Trinajstić information content (AvgIpc) is 4.13. The number of aromatic amines is 3. The number of nitrogens with one attached hydrogen (secondary N) is 3. The van der Waals surface area contributed by atoms with Crippen LogP contribution in [0, 0.1) is 17.6 Å². The smallest absolute Gasteiger partial charge is 0.224 e. The van der Waals surface area contributed by atoms with Crippen molar-refractivity contribution in [3.05, 3.63) is 145 Å². The first-order chi connectivity index (χ1) is 32.4. The number of H-pyrrole nitrogens is 3. The Hall–Kier alpha value is -7.08. The van der Waals surface area contributed by atoms with Gasteiger partial charge in [0.2, 0.25) is 5.95 Å². The van der Waals surface area contributed by atoms with E-state index in [0.29, 0.717) is 22.5 Å². The van der Waals surface area contributed by atoms with Crippen LogP contribution >= 0.6 is 0 Å². The summed E-state index contributed by atoms with van der Waals surface area (Å²) in [5.74, 6) is 0.677. The maximum atomic E-state index is 14.5. The Morgan fingerprint density at radius 1 is 0.409 bits per heavy atom. The minimum absolute atomic E-state index is 0.189. The molecule has 336 valence electrons. The highest BCUT2D eigenvalue weighted by Gasteiger charge is 2.19. The van der Waals surface area contributed by atoms with Crippen molar-refractivity contribution in [3.8, 4) is 33.9 Å². The average molecular weight is 886 g/mol. The van der Waals surface area contributed by atoms with Gasteiger partial charge in [0.15, 0.2) is 0 Å². The van der Waals surface area contributed by atoms with E-state index in [-0.39, 0.29) is 11.6 Å². The molecule has 3 saturated heterocycles. The summed E-state index contributed by atoms with van der Waals surface area (Å²) in [6, 6.07) is 36.7. The number of rotatable bonds is 6. The van der Waals surface area contributed by atoms with Crippen LogP contribution in [0.2, 0.25) is 0 Å². The molecular formula is C54H54F3N9. The number of hydrogen-bond acceptors (Lipinski definition) is 6. The first kappa shape index (κ1) is 42.8. The Balaban J connectivity index is 0.000000116. The standard InChI is InChI=1S/3C18H18FN3/c19-18-14(16-12-13-6-2-3-7-15(13)20-16)8-9-17(21-18)22-10-4-1-5-11-22;19-15-11-18(22-8-4-1-5-9-22)20-12-14(15)17-10-13-6-2-3-7-16(13)21-17;19-14-11-16(17-10-13-6-2-3-7-15(13)21-17)20-12-18(14)22-8-4-1-5-9-22/h2-3,6-9,12,20H,1,4-5,10-11H2;2*2-3,6-7,10-12,21H,1,4-5,8-9H2. The van der Waals surface area contributed by atoms with Gasteiger partial charge < -0.3 is 29.7 Å². The number of hydrogen-bond donors (Lipinski definition) is 3. The van der Waals surface area contributed by atoms with Gasteiger partial charge in [-0.1, -0.05) is 54.6 Å². The Morgan fingerprint density at radius 3 is 1.41 bits per heavy atom. The number of benzene rings is 3. The number of aromatic nitrogens is 6. The largest absolute Gasteiger partial charge is 0.368 e. The Kier molecular flexibility index (Phi) is 12.7. The van der Waals surface area contributed by atoms with E-state index in [1.54, 1.807) is 18.5 Å². The van der Waals surface area contributed by atoms with Crippen molar-refractivity contribution in [1.29, 1.82) is 0 Å². The molecule has 0 unspecified atom stereocenters. The quantitative estimate of drug-likeness (QED) is 0.144. The molecule has 3 N–H and O–H groups in total. The molecule has 0 bridgehead atoms. The molecule has 9 aromatic rings. The van der Waals surface area contributed by atoms with E-state index in [2.05, 4.69) is 44.6 Å². The molecule has 66 heavy (non-hydrogen) atoms. The maximum Gasteiger partial charge on any atom is 0.224 e. The highest BCUT2D eigenvalue weighted by atomic mass is 19.1. The molecule has 12 rings (SSSR count). The number of anilines is 3. The Morgan fingerprint density at radius 2 is 0.894 bits per heavy atom. The van der Waals surface area contributed by atoms with Gasteiger partial charge in [-0.25, -0.2) is 18.7 Å². The molecule has 9 nitrogen and oxygen atoms in total. The summed E-state index contributed by atoms with van der Waals surface area (Å²) in [7, 11) is 0. The van der Waals surface area contributed by atoms with Gasteiger partial charge in [0.1, 0.15) is 23.3 Å². The number of piperidine rings is 3. The van der Waals surface area contributed by atoms with Crippen molar-refractivity contribution in [2.45, 2.75) is 57.8 Å². The fraction of sp³-hybridized carbons (Fsp3) is 0.278. The fourth-order valence-electron chi connectivity index (χ4n) is 9.43. The molecule has 0 amide bonds.